The van der Waals surface area contributed by atoms with E-state index in [4.69, 9.17) is 9.15 Å². The fourth-order valence-electron chi connectivity index (χ4n) is 0.592. The van der Waals surface area contributed by atoms with Crippen LogP contribution in [0.2, 0.25) is 0 Å². The lowest BCUT2D eigenvalue weighted by molar-refractivity contribution is -0.104. The molecular formula is C9H8O3. The number of rotatable bonds is 4. The highest BCUT2D eigenvalue weighted by Crippen LogP contribution is 2.09. The molecule has 0 aliphatic heterocycles. The molecule has 0 aliphatic carbocycles. The number of carbonyl (C=O) groups is 1. The Hall–Kier alpha value is -1.77. The van der Waals surface area contributed by atoms with E-state index in [1.165, 1.54) is 18.6 Å². The quantitative estimate of drug-likeness (QED) is 0.295. The number of ether oxygens (including phenoxy) is 1. The van der Waals surface area contributed by atoms with Crippen LogP contribution in [0.15, 0.2) is 47.3 Å². The Bertz CT molecular complexity index is 270. The summed E-state index contributed by atoms with van der Waals surface area (Å²) in [5.41, 5.74) is 0. The minimum absolute atomic E-state index is 0.422. The first-order valence-corrected chi connectivity index (χ1v) is 3.40. The fourth-order valence-corrected chi connectivity index (χ4v) is 0.592. The van der Waals surface area contributed by atoms with Gasteiger partial charge in [-0.2, -0.15) is 0 Å². The van der Waals surface area contributed by atoms with Crippen molar-refractivity contribution in [2.45, 2.75) is 0 Å². The van der Waals surface area contributed by atoms with Gasteiger partial charge in [-0.1, -0.05) is 6.08 Å². The third kappa shape index (κ3) is 2.88. The first-order chi connectivity index (χ1) is 5.93. The Labute approximate surface area is 69.9 Å². The number of hydrogen-bond acceptors (Lipinski definition) is 3. The summed E-state index contributed by atoms with van der Waals surface area (Å²) in [6.07, 6.45) is 8.16. The number of hydrogen-bond donors (Lipinski definition) is 0. The van der Waals surface area contributed by atoms with Gasteiger partial charge in [0.25, 0.3) is 5.95 Å². The van der Waals surface area contributed by atoms with E-state index in [2.05, 4.69) is 0 Å². The van der Waals surface area contributed by atoms with Gasteiger partial charge in [0.15, 0.2) is 0 Å². The van der Waals surface area contributed by atoms with Gasteiger partial charge < -0.3 is 9.15 Å². The summed E-state index contributed by atoms with van der Waals surface area (Å²) in [5.74, 6) is 0.422. The molecule has 0 N–H and O–H groups in total. The summed E-state index contributed by atoms with van der Waals surface area (Å²) in [6, 6.07) is 3.41. The zero-order valence-corrected chi connectivity index (χ0v) is 6.34. The van der Waals surface area contributed by atoms with Gasteiger partial charge in [0, 0.05) is 6.07 Å². The predicted molar refractivity (Wildman–Crippen MR) is 43.7 cm³/mol. The maximum atomic E-state index is 9.82. The molecule has 3 heteroatoms. The Morgan fingerprint density at radius 1 is 1.33 bits per heavy atom. The number of carbonyl (C=O) groups excluding carboxylic acids is 1. The SMILES string of the molecule is O=CC=CC=COc1ccco1. The molecule has 1 heterocycles. The number of aldehydes is 1. The van der Waals surface area contributed by atoms with Crippen molar-refractivity contribution >= 4 is 6.29 Å². The molecule has 1 aromatic rings. The van der Waals surface area contributed by atoms with Crippen LogP contribution in [-0.2, 0) is 4.79 Å². The normalized spacial score (nSPS) is 11.0. The van der Waals surface area contributed by atoms with Crippen LogP contribution < -0.4 is 4.74 Å². The van der Waals surface area contributed by atoms with E-state index in [0.717, 1.165) is 0 Å². The monoisotopic (exact) mass is 164 g/mol. The molecule has 1 rings (SSSR count). The van der Waals surface area contributed by atoms with E-state index in [0.29, 0.717) is 12.2 Å². The minimum Gasteiger partial charge on any atom is -0.434 e. The molecule has 0 saturated heterocycles. The molecule has 0 bridgehead atoms. The van der Waals surface area contributed by atoms with Crippen molar-refractivity contribution in [3.05, 3.63) is 42.9 Å². The van der Waals surface area contributed by atoms with E-state index in [-0.39, 0.29) is 0 Å². The van der Waals surface area contributed by atoms with Crippen molar-refractivity contribution in [2.24, 2.45) is 0 Å². The average molecular weight is 164 g/mol. The molecule has 0 aliphatic rings. The zero-order chi connectivity index (χ0) is 8.65. The van der Waals surface area contributed by atoms with Crippen LogP contribution in [0, 0.1) is 0 Å². The van der Waals surface area contributed by atoms with E-state index in [1.54, 1.807) is 24.3 Å². The number of furan rings is 1. The molecular weight excluding hydrogens is 156 g/mol. The van der Waals surface area contributed by atoms with E-state index in [1.807, 2.05) is 0 Å². The Morgan fingerprint density at radius 3 is 2.92 bits per heavy atom. The highest BCUT2D eigenvalue weighted by molar-refractivity contribution is 5.65. The van der Waals surface area contributed by atoms with E-state index < -0.39 is 0 Å². The summed E-state index contributed by atoms with van der Waals surface area (Å²) >= 11 is 0. The van der Waals surface area contributed by atoms with Gasteiger partial charge in [0.1, 0.15) is 6.29 Å². The van der Waals surface area contributed by atoms with Crippen molar-refractivity contribution in [3.63, 3.8) is 0 Å². The summed E-state index contributed by atoms with van der Waals surface area (Å²) < 4.78 is 9.85. The van der Waals surface area contributed by atoms with Crippen molar-refractivity contribution in [1.82, 2.24) is 0 Å². The van der Waals surface area contributed by atoms with E-state index in [9.17, 15) is 4.79 Å². The first-order valence-electron chi connectivity index (χ1n) is 3.40. The molecule has 0 fully saturated rings. The number of allylic oxidation sites excluding steroid dienone is 3. The molecule has 0 atom stereocenters. The zero-order valence-electron chi connectivity index (χ0n) is 6.34. The molecule has 3 nitrogen and oxygen atoms in total. The average Bonchev–Trinajstić information content (AvgIpc) is 2.57. The molecule has 0 radical (unpaired) electrons. The van der Waals surface area contributed by atoms with Gasteiger partial charge in [0.05, 0.1) is 12.5 Å². The lowest BCUT2D eigenvalue weighted by Crippen LogP contribution is -1.75. The largest absolute Gasteiger partial charge is 0.434 e. The third-order valence-electron chi connectivity index (χ3n) is 1.06. The van der Waals surface area contributed by atoms with Crippen molar-refractivity contribution in [1.29, 1.82) is 0 Å². The second-order valence-corrected chi connectivity index (χ2v) is 1.90. The summed E-state index contributed by atoms with van der Waals surface area (Å²) in [4.78, 5) is 9.82. The van der Waals surface area contributed by atoms with Crippen molar-refractivity contribution in [3.8, 4) is 5.95 Å². The van der Waals surface area contributed by atoms with Crippen molar-refractivity contribution < 1.29 is 13.9 Å². The van der Waals surface area contributed by atoms with E-state index >= 15 is 0 Å². The third-order valence-corrected chi connectivity index (χ3v) is 1.06. The Balaban J connectivity index is 2.30. The lowest BCUT2D eigenvalue weighted by Gasteiger charge is -1.89. The van der Waals surface area contributed by atoms with Crippen LogP contribution in [0.5, 0.6) is 5.95 Å². The summed E-state index contributed by atoms with van der Waals surface area (Å²) in [5, 5.41) is 0. The second-order valence-electron chi connectivity index (χ2n) is 1.90. The minimum atomic E-state index is 0.422. The van der Waals surface area contributed by atoms with Crippen LogP contribution in [0.1, 0.15) is 0 Å². The van der Waals surface area contributed by atoms with Crippen LogP contribution in [0.4, 0.5) is 0 Å². The van der Waals surface area contributed by atoms with Gasteiger partial charge in [-0.05, 0) is 18.2 Å². The fraction of sp³-hybridized carbons (Fsp3) is 0. The second kappa shape index (κ2) is 4.96. The smallest absolute Gasteiger partial charge is 0.289 e. The van der Waals surface area contributed by atoms with Crippen molar-refractivity contribution in [2.75, 3.05) is 0 Å². The maximum absolute atomic E-state index is 9.82. The van der Waals surface area contributed by atoms with Gasteiger partial charge in [-0.25, -0.2) is 0 Å². The molecule has 0 aromatic carbocycles. The highest BCUT2D eigenvalue weighted by atomic mass is 16.6. The Morgan fingerprint density at radius 2 is 2.25 bits per heavy atom. The van der Waals surface area contributed by atoms with Gasteiger partial charge in [0.2, 0.25) is 0 Å². The van der Waals surface area contributed by atoms with Crippen LogP contribution in [0.3, 0.4) is 0 Å². The maximum Gasteiger partial charge on any atom is 0.289 e. The molecule has 62 valence electrons. The van der Waals surface area contributed by atoms with Gasteiger partial charge in [-0.15, -0.1) is 0 Å². The topological polar surface area (TPSA) is 39.4 Å². The van der Waals surface area contributed by atoms with Gasteiger partial charge in [-0.3, -0.25) is 4.79 Å². The summed E-state index contributed by atoms with van der Waals surface area (Å²) in [6.45, 7) is 0. The Kier molecular flexibility index (Phi) is 3.44. The van der Waals surface area contributed by atoms with Gasteiger partial charge >= 0.3 is 0 Å². The molecule has 12 heavy (non-hydrogen) atoms. The molecule has 0 saturated carbocycles. The molecule has 1 aromatic heterocycles. The first kappa shape index (κ1) is 8.33. The van der Waals surface area contributed by atoms with Crippen LogP contribution in [0.25, 0.3) is 0 Å². The summed E-state index contributed by atoms with van der Waals surface area (Å²) in [7, 11) is 0. The van der Waals surface area contributed by atoms with Crippen LogP contribution in [-0.4, -0.2) is 6.29 Å². The van der Waals surface area contributed by atoms with Crippen LogP contribution >= 0.6 is 0 Å². The predicted octanol–water partition coefficient (Wildman–Crippen LogP) is 1.93. The molecule has 0 unspecified atom stereocenters. The highest BCUT2D eigenvalue weighted by Gasteiger charge is 1.88. The molecule has 0 spiro atoms. The molecule has 0 amide bonds. The standard InChI is InChI=1S/C9H8O3/c10-6-2-1-3-7-11-9-5-4-8-12-9/h1-8H. The lowest BCUT2D eigenvalue weighted by atomic mass is 10.5.